The summed E-state index contributed by atoms with van der Waals surface area (Å²) in [6.07, 6.45) is 0. The number of nitrogens with zero attached hydrogens (tertiary/aromatic N) is 3. The van der Waals surface area contributed by atoms with Crippen LogP contribution in [0.1, 0.15) is 11.4 Å². The van der Waals surface area contributed by atoms with Gasteiger partial charge in [-0.2, -0.15) is 0 Å². The molecule has 0 radical (unpaired) electrons. The molecule has 116 valence electrons. The zero-order valence-electron chi connectivity index (χ0n) is 11.7. The third-order valence-corrected chi connectivity index (χ3v) is 2.74. The highest BCUT2D eigenvalue weighted by atomic mass is 35.7. The first-order valence-electron chi connectivity index (χ1n) is 6.09. The second kappa shape index (κ2) is 6.34. The maximum absolute atomic E-state index is 8.49. The van der Waals surface area contributed by atoms with Gasteiger partial charge in [0.1, 0.15) is 11.4 Å². The van der Waals surface area contributed by atoms with Gasteiger partial charge in [0.15, 0.2) is 0 Å². The van der Waals surface area contributed by atoms with Crippen LogP contribution >= 0.6 is 0 Å². The monoisotopic (exact) mass is 325 g/mol. The van der Waals surface area contributed by atoms with Crippen LogP contribution in [0.5, 0.6) is 0 Å². The number of aromatic nitrogens is 3. The molecule has 9 heteroatoms. The van der Waals surface area contributed by atoms with Crippen LogP contribution in [0.25, 0.3) is 16.9 Å². The molecule has 0 unspecified atom stereocenters. The molecular formula is C13H12ClN3O5. The van der Waals surface area contributed by atoms with Gasteiger partial charge in [-0.15, -0.1) is 14.9 Å². The zero-order valence-corrected chi connectivity index (χ0v) is 12.5. The van der Waals surface area contributed by atoms with Crippen LogP contribution < -0.4 is 23.2 Å². The largest absolute Gasteiger partial charge is 0.344 e. The molecule has 0 aliphatic heterocycles. The first kappa shape index (κ1) is 16.3. The maximum atomic E-state index is 8.49. The van der Waals surface area contributed by atoms with E-state index in [0.717, 1.165) is 28.3 Å². The number of hydrogen-bond donors (Lipinski definition) is 0. The Morgan fingerprint density at radius 3 is 2.23 bits per heavy atom. The van der Waals surface area contributed by atoms with Crippen molar-refractivity contribution < 1.29 is 38.1 Å². The van der Waals surface area contributed by atoms with Gasteiger partial charge in [0.05, 0.1) is 5.16 Å². The Balaban J connectivity index is 0.000000309. The molecule has 0 saturated heterocycles. The predicted molar refractivity (Wildman–Crippen MR) is 62.4 cm³/mol. The highest BCUT2D eigenvalue weighted by molar-refractivity contribution is 5.60. The summed E-state index contributed by atoms with van der Waals surface area (Å²) in [5, 5.41) is 3.92. The number of halogens is 1. The van der Waals surface area contributed by atoms with Gasteiger partial charge >= 0.3 is 5.65 Å². The summed E-state index contributed by atoms with van der Waals surface area (Å²) in [6.45, 7) is 3.87. The molecule has 8 nitrogen and oxygen atoms in total. The summed E-state index contributed by atoms with van der Waals surface area (Å²) < 4.78 is 40.8. The van der Waals surface area contributed by atoms with Crippen molar-refractivity contribution in [1.29, 1.82) is 0 Å². The van der Waals surface area contributed by atoms with E-state index in [0.29, 0.717) is 0 Å². The Kier molecular flexibility index (Phi) is 4.69. The molecule has 0 fully saturated rings. The lowest BCUT2D eigenvalue weighted by Crippen LogP contribution is -2.68. The number of benzene rings is 1. The molecule has 2 aromatic heterocycles. The molecule has 0 aliphatic carbocycles. The standard InChI is InChI=1S/C13H12N3O.ClHO4/c1-9-8-12(11-6-4-3-5-7-11)14-13-10(2)15-17-16(9)13;2-1(3,4)5/h3-8H,1-2H3;(H,2,3,4,5)/q+1;/p-1. The minimum absolute atomic E-state index is 0.767. The minimum atomic E-state index is -4.94. The van der Waals surface area contributed by atoms with E-state index in [9.17, 15) is 0 Å². The number of hydrogen-bond acceptors (Lipinski definition) is 7. The predicted octanol–water partition coefficient (Wildman–Crippen LogP) is -2.66. The Bertz CT molecular complexity index is 764. The molecule has 0 amide bonds. The lowest BCUT2D eigenvalue weighted by atomic mass is 10.1. The van der Waals surface area contributed by atoms with Gasteiger partial charge in [-0.05, 0) is 11.5 Å². The van der Waals surface area contributed by atoms with Crippen molar-refractivity contribution in [2.45, 2.75) is 13.8 Å². The fourth-order valence-electron chi connectivity index (χ4n) is 1.85. The van der Waals surface area contributed by atoms with Crippen LogP contribution in [0.2, 0.25) is 0 Å². The van der Waals surface area contributed by atoms with E-state index in [1.54, 1.807) is 4.57 Å². The molecule has 3 rings (SSSR count). The van der Waals surface area contributed by atoms with Crippen molar-refractivity contribution in [2.75, 3.05) is 0 Å². The normalized spacial score (nSPS) is 11.2. The SMILES string of the molecule is Cc1no[n+]2c(C)cc(-c3ccccc3)nc12.[O-][Cl+3]([O-])([O-])[O-]. The average Bonchev–Trinajstić information content (AvgIpc) is 2.80. The fourth-order valence-corrected chi connectivity index (χ4v) is 1.85. The second-order valence-electron chi connectivity index (χ2n) is 4.40. The number of fused-ring (bicyclic) bond motifs is 1. The van der Waals surface area contributed by atoms with Crippen LogP contribution in [0.4, 0.5) is 0 Å². The van der Waals surface area contributed by atoms with Crippen LogP contribution in [-0.2, 0) is 0 Å². The van der Waals surface area contributed by atoms with Gasteiger partial charge < -0.3 is 0 Å². The van der Waals surface area contributed by atoms with E-state index < -0.39 is 10.2 Å². The van der Waals surface area contributed by atoms with Crippen molar-refractivity contribution in [3.63, 3.8) is 0 Å². The summed E-state index contributed by atoms with van der Waals surface area (Å²) in [4.78, 5) is 4.57. The van der Waals surface area contributed by atoms with E-state index >= 15 is 0 Å². The minimum Gasteiger partial charge on any atom is -0.222 e. The molecule has 0 aliphatic rings. The Hall–Kier alpha value is -2.10. The van der Waals surface area contributed by atoms with Crippen molar-refractivity contribution >= 4 is 5.65 Å². The molecule has 0 N–H and O–H groups in total. The van der Waals surface area contributed by atoms with Gasteiger partial charge in [-0.3, -0.25) is 0 Å². The third kappa shape index (κ3) is 4.20. The first-order valence-corrected chi connectivity index (χ1v) is 7.32. The van der Waals surface area contributed by atoms with Crippen LogP contribution in [0.3, 0.4) is 0 Å². The van der Waals surface area contributed by atoms with Crippen molar-refractivity contribution in [1.82, 2.24) is 10.1 Å². The second-order valence-corrected chi connectivity index (χ2v) is 5.16. The summed E-state index contributed by atoms with van der Waals surface area (Å²) in [7, 11) is -4.94. The van der Waals surface area contributed by atoms with Crippen LogP contribution in [0, 0.1) is 24.1 Å². The van der Waals surface area contributed by atoms with Crippen LogP contribution in [0.15, 0.2) is 41.0 Å². The van der Waals surface area contributed by atoms with Gasteiger partial charge in [-0.1, -0.05) is 35.3 Å². The third-order valence-electron chi connectivity index (χ3n) is 2.74. The number of rotatable bonds is 1. The van der Waals surface area contributed by atoms with Gasteiger partial charge in [0.25, 0.3) is 0 Å². The molecule has 0 atom stereocenters. The van der Waals surface area contributed by atoms with E-state index in [1.807, 2.05) is 50.2 Å². The molecule has 0 spiro atoms. The molecule has 0 bridgehead atoms. The summed E-state index contributed by atoms with van der Waals surface area (Å²) in [6, 6.07) is 12.1. The fraction of sp³-hybridized carbons (Fsp3) is 0.154. The topological polar surface area (TPSA) is 135 Å². The highest BCUT2D eigenvalue weighted by Gasteiger charge is 2.18. The smallest absolute Gasteiger partial charge is 0.222 e. The Morgan fingerprint density at radius 2 is 1.64 bits per heavy atom. The summed E-state index contributed by atoms with van der Waals surface area (Å²) in [5.41, 5.74) is 4.58. The van der Waals surface area contributed by atoms with E-state index in [-0.39, 0.29) is 0 Å². The molecule has 3 aromatic rings. The van der Waals surface area contributed by atoms with Crippen molar-refractivity contribution in [2.24, 2.45) is 0 Å². The lowest BCUT2D eigenvalue weighted by Gasteiger charge is -2.17. The summed E-state index contributed by atoms with van der Waals surface area (Å²) in [5.74, 6) is 0. The Labute approximate surface area is 127 Å². The maximum Gasteiger partial charge on any atom is 0.344 e. The average molecular weight is 326 g/mol. The van der Waals surface area contributed by atoms with Crippen LogP contribution in [-0.4, -0.2) is 10.1 Å². The van der Waals surface area contributed by atoms with Crippen molar-refractivity contribution in [3.05, 3.63) is 47.8 Å². The molecular weight excluding hydrogens is 314 g/mol. The van der Waals surface area contributed by atoms with E-state index in [2.05, 4.69) is 10.1 Å². The van der Waals surface area contributed by atoms with Gasteiger partial charge in [0.2, 0.25) is 5.69 Å². The molecule has 22 heavy (non-hydrogen) atoms. The highest BCUT2D eigenvalue weighted by Crippen LogP contribution is 2.17. The van der Waals surface area contributed by atoms with Gasteiger partial charge in [-0.25, -0.2) is 18.6 Å². The van der Waals surface area contributed by atoms with E-state index in [4.69, 9.17) is 23.3 Å². The first-order chi connectivity index (χ1) is 10.3. The van der Waals surface area contributed by atoms with Gasteiger partial charge in [0, 0.05) is 18.6 Å². The summed E-state index contributed by atoms with van der Waals surface area (Å²) >= 11 is 0. The molecule has 1 aromatic carbocycles. The lowest BCUT2D eigenvalue weighted by molar-refractivity contribution is -2.00. The Morgan fingerprint density at radius 1 is 1.05 bits per heavy atom. The van der Waals surface area contributed by atoms with E-state index in [1.165, 1.54) is 0 Å². The van der Waals surface area contributed by atoms with Crippen molar-refractivity contribution in [3.8, 4) is 11.3 Å². The zero-order chi connectivity index (χ0) is 16.3. The molecule has 2 heterocycles. The molecule has 0 saturated carbocycles. The number of aryl methyl sites for hydroxylation is 2. The quantitative estimate of drug-likeness (QED) is 0.445.